The predicted molar refractivity (Wildman–Crippen MR) is 94.4 cm³/mol. The minimum atomic E-state index is -1.45. The highest BCUT2D eigenvalue weighted by Gasteiger charge is 2.43. The van der Waals surface area contributed by atoms with Crippen LogP contribution in [0, 0.1) is 0 Å². The fourth-order valence-electron chi connectivity index (χ4n) is 2.66. The van der Waals surface area contributed by atoms with Gasteiger partial charge in [-0.3, -0.25) is 0 Å². The van der Waals surface area contributed by atoms with Crippen LogP contribution >= 0.6 is 0 Å². The highest BCUT2D eigenvalue weighted by atomic mass is 16.6. The Labute approximate surface area is 150 Å². The van der Waals surface area contributed by atoms with Crippen LogP contribution in [0.1, 0.15) is 0 Å². The van der Waals surface area contributed by atoms with Crippen molar-refractivity contribution in [3.05, 3.63) is 54.6 Å². The lowest BCUT2D eigenvalue weighted by atomic mass is 9.98. The van der Waals surface area contributed by atoms with E-state index in [0.717, 1.165) is 0 Å². The molecule has 1 aliphatic rings. The van der Waals surface area contributed by atoms with Crippen LogP contribution in [0.4, 0.5) is 17.1 Å². The van der Waals surface area contributed by atoms with Crippen LogP contribution in [0.5, 0.6) is 0 Å². The van der Waals surface area contributed by atoms with Gasteiger partial charge in [-0.2, -0.15) is 5.11 Å². The number of anilines is 1. The van der Waals surface area contributed by atoms with Crippen molar-refractivity contribution in [1.29, 1.82) is 0 Å². The SMILES string of the molecule is OC[C@H]1O[C@@H](Nc2ccccc2N=Nc2ccccc2)[C@H](O)[C@@H](O)[C@H]1O. The molecule has 1 fully saturated rings. The van der Waals surface area contributed by atoms with Gasteiger partial charge >= 0.3 is 0 Å². The van der Waals surface area contributed by atoms with E-state index in [4.69, 9.17) is 4.74 Å². The summed E-state index contributed by atoms with van der Waals surface area (Å²) in [6.45, 7) is -0.488. The number of rotatable bonds is 5. The molecule has 26 heavy (non-hydrogen) atoms. The van der Waals surface area contributed by atoms with Crippen molar-refractivity contribution < 1.29 is 25.2 Å². The molecule has 0 unspecified atom stereocenters. The van der Waals surface area contributed by atoms with Gasteiger partial charge in [-0.05, 0) is 24.3 Å². The molecule has 8 heteroatoms. The van der Waals surface area contributed by atoms with Gasteiger partial charge in [0.15, 0.2) is 6.23 Å². The van der Waals surface area contributed by atoms with E-state index in [1.54, 1.807) is 24.3 Å². The number of para-hydroxylation sites is 1. The van der Waals surface area contributed by atoms with Gasteiger partial charge < -0.3 is 30.5 Å². The monoisotopic (exact) mass is 359 g/mol. The third kappa shape index (κ3) is 4.06. The molecule has 1 heterocycles. The Hall–Kier alpha value is -2.36. The van der Waals surface area contributed by atoms with E-state index in [9.17, 15) is 20.4 Å². The van der Waals surface area contributed by atoms with Crippen molar-refractivity contribution in [2.75, 3.05) is 11.9 Å². The van der Waals surface area contributed by atoms with Crippen LogP contribution in [0.2, 0.25) is 0 Å². The Morgan fingerprint density at radius 2 is 1.54 bits per heavy atom. The number of hydrogen-bond acceptors (Lipinski definition) is 8. The molecule has 5 atom stereocenters. The van der Waals surface area contributed by atoms with E-state index < -0.39 is 37.3 Å². The van der Waals surface area contributed by atoms with Crippen LogP contribution in [-0.4, -0.2) is 57.7 Å². The molecule has 0 bridgehead atoms. The summed E-state index contributed by atoms with van der Waals surface area (Å²) in [4.78, 5) is 0. The standard InChI is InChI=1S/C18H21N3O5/c22-10-14-15(23)16(24)17(25)18(26-14)19-12-8-4-5-9-13(12)21-20-11-6-2-1-3-7-11/h1-9,14-19,22-25H,10H2/t14-,15+,16+,17-,18-/m1/s1. The zero-order valence-corrected chi connectivity index (χ0v) is 13.9. The molecule has 2 aromatic rings. The van der Waals surface area contributed by atoms with E-state index in [-0.39, 0.29) is 0 Å². The molecule has 2 aromatic carbocycles. The molecule has 8 nitrogen and oxygen atoms in total. The lowest BCUT2D eigenvalue weighted by molar-refractivity contribution is -0.221. The van der Waals surface area contributed by atoms with Crippen LogP contribution in [0.3, 0.4) is 0 Å². The van der Waals surface area contributed by atoms with Crippen molar-refractivity contribution in [2.45, 2.75) is 30.6 Å². The maximum Gasteiger partial charge on any atom is 0.157 e. The van der Waals surface area contributed by atoms with Gasteiger partial charge in [0.05, 0.1) is 18.0 Å². The van der Waals surface area contributed by atoms with E-state index in [0.29, 0.717) is 17.1 Å². The molecule has 3 rings (SSSR count). The number of aliphatic hydroxyl groups is 4. The highest BCUT2D eigenvalue weighted by Crippen LogP contribution is 2.30. The molecule has 0 saturated carbocycles. The summed E-state index contributed by atoms with van der Waals surface area (Å²) in [6, 6.07) is 16.2. The minimum Gasteiger partial charge on any atom is -0.394 e. The Bertz CT molecular complexity index is 741. The first-order chi connectivity index (χ1) is 12.6. The Morgan fingerprint density at radius 3 is 2.27 bits per heavy atom. The van der Waals surface area contributed by atoms with E-state index in [1.807, 2.05) is 30.3 Å². The van der Waals surface area contributed by atoms with Crippen molar-refractivity contribution in [2.24, 2.45) is 10.2 Å². The second-order valence-electron chi connectivity index (χ2n) is 5.95. The summed E-state index contributed by atoms with van der Waals surface area (Å²) in [5, 5.41) is 50.5. The summed E-state index contributed by atoms with van der Waals surface area (Å²) in [7, 11) is 0. The Morgan fingerprint density at radius 1 is 0.846 bits per heavy atom. The molecule has 0 aromatic heterocycles. The lowest BCUT2D eigenvalue weighted by Gasteiger charge is -2.40. The van der Waals surface area contributed by atoms with Gasteiger partial charge in [0, 0.05) is 0 Å². The molecule has 0 amide bonds. The van der Waals surface area contributed by atoms with Crippen molar-refractivity contribution in [1.82, 2.24) is 0 Å². The average Bonchev–Trinajstić information content (AvgIpc) is 2.68. The third-order valence-corrected chi connectivity index (χ3v) is 4.12. The average molecular weight is 359 g/mol. The number of benzene rings is 2. The highest BCUT2D eigenvalue weighted by molar-refractivity contribution is 5.65. The number of ether oxygens (including phenoxy) is 1. The summed E-state index contributed by atoms with van der Waals surface area (Å²) >= 11 is 0. The molecular formula is C18H21N3O5. The number of hydrogen-bond donors (Lipinski definition) is 5. The van der Waals surface area contributed by atoms with Gasteiger partial charge in [-0.15, -0.1) is 5.11 Å². The van der Waals surface area contributed by atoms with Gasteiger partial charge in [-0.25, -0.2) is 0 Å². The van der Waals surface area contributed by atoms with Gasteiger partial charge in [0.25, 0.3) is 0 Å². The van der Waals surface area contributed by atoms with Crippen LogP contribution in [0.15, 0.2) is 64.8 Å². The Kier molecular flexibility index (Phi) is 5.92. The zero-order valence-electron chi connectivity index (χ0n) is 13.9. The van der Waals surface area contributed by atoms with Crippen molar-refractivity contribution >= 4 is 17.1 Å². The maximum absolute atomic E-state index is 10.1. The second kappa shape index (κ2) is 8.35. The van der Waals surface area contributed by atoms with Gasteiger partial charge in [0.1, 0.15) is 30.1 Å². The normalized spacial score (nSPS) is 29.0. The molecule has 0 aliphatic carbocycles. The minimum absolute atomic E-state index is 0.488. The number of nitrogens with one attached hydrogen (secondary N) is 1. The largest absolute Gasteiger partial charge is 0.394 e. The number of azo groups is 1. The quantitative estimate of drug-likeness (QED) is 0.512. The summed E-state index contributed by atoms with van der Waals surface area (Å²) in [5.41, 5.74) is 1.72. The summed E-state index contributed by atoms with van der Waals surface area (Å²) < 4.78 is 5.46. The first-order valence-corrected chi connectivity index (χ1v) is 8.23. The first kappa shape index (κ1) is 18.4. The van der Waals surface area contributed by atoms with Crippen LogP contribution in [-0.2, 0) is 4.74 Å². The summed E-state index contributed by atoms with van der Waals surface area (Å²) in [6.07, 6.45) is -6.24. The fraction of sp³-hybridized carbons (Fsp3) is 0.333. The molecule has 1 aliphatic heterocycles. The summed E-state index contributed by atoms with van der Waals surface area (Å²) in [5.74, 6) is 0. The third-order valence-electron chi connectivity index (χ3n) is 4.12. The molecule has 0 spiro atoms. The van der Waals surface area contributed by atoms with Gasteiger partial charge in [-0.1, -0.05) is 30.3 Å². The number of nitrogens with zero attached hydrogens (tertiary/aromatic N) is 2. The molecule has 1 saturated heterocycles. The van der Waals surface area contributed by atoms with Crippen LogP contribution in [0.25, 0.3) is 0 Å². The smallest absolute Gasteiger partial charge is 0.157 e. The molecular weight excluding hydrogens is 338 g/mol. The fourth-order valence-corrected chi connectivity index (χ4v) is 2.66. The topological polar surface area (TPSA) is 127 Å². The zero-order chi connectivity index (χ0) is 18.5. The van der Waals surface area contributed by atoms with Crippen molar-refractivity contribution in [3.8, 4) is 0 Å². The second-order valence-corrected chi connectivity index (χ2v) is 5.95. The molecule has 5 N–H and O–H groups in total. The predicted octanol–water partition coefficient (Wildman–Crippen LogP) is 1.31. The lowest BCUT2D eigenvalue weighted by Crippen LogP contribution is -2.60. The van der Waals surface area contributed by atoms with E-state index in [1.165, 1.54) is 0 Å². The van der Waals surface area contributed by atoms with E-state index >= 15 is 0 Å². The van der Waals surface area contributed by atoms with Crippen molar-refractivity contribution in [3.63, 3.8) is 0 Å². The molecule has 138 valence electrons. The first-order valence-electron chi connectivity index (χ1n) is 8.23. The Balaban J connectivity index is 1.79. The maximum atomic E-state index is 10.1. The van der Waals surface area contributed by atoms with Gasteiger partial charge in [0.2, 0.25) is 0 Å². The molecule has 0 radical (unpaired) electrons. The van der Waals surface area contributed by atoms with E-state index in [2.05, 4.69) is 15.5 Å². The van der Waals surface area contributed by atoms with Crippen LogP contribution < -0.4 is 5.32 Å². The number of aliphatic hydroxyl groups excluding tert-OH is 4.